The summed E-state index contributed by atoms with van der Waals surface area (Å²) in [5, 5.41) is 0.705. The van der Waals surface area contributed by atoms with Gasteiger partial charge in [-0.25, -0.2) is 0 Å². The first-order valence-corrected chi connectivity index (χ1v) is 8.90. The van der Waals surface area contributed by atoms with E-state index in [2.05, 4.69) is 10.9 Å². The van der Waals surface area contributed by atoms with Crippen molar-refractivity contribution in [2.45, 2.75) is 26.9 Å². The van der Waals surface area contributed by atoms with E-state index in [4.69, 9.17) is 16.3 Å². The minimum absolute atomic E-state index is 0.0197. The number of hydrazine groups is 1. The predicted molar refractivity (Wildman–Crippen MR) is 99.8 cm³/mol. The van der Waals surface area contributed by atoms with Crippen molar-refractivity contribution >= 4 is 23.4 Å². The van der Waals surface area contributed by atoms with E-state index in [9.17, 15) is 9.59 Å². The van der Waals surface area contributed by atoms with Crippen molar-refractivity contribution in [1.82, 2.24) is 10.9 Å². The molecule has 2 atom stereocenters. The Labute approximate surface area is 157 Å². The molecule has 1 aliphatic carbocycles. The molecular weight excluding hydrogens is 352 g/mol. The summed E-state index contributed by atoms with van der Waals surface area (Å²) in [6.07, 6.45) is 0.879. The second kappa shape index (κ2) is 7.79. The van der Waals surface area contributed by atoms with Crippen LogP contribution in [0.5, 0.6) is 5.75 Å². The van der Waals surface area contributed by atoms with Crippen LogP contribution in [0.3, 0.4) is 0 Å². The van der Waals surface area contributed by atoms with E-state index in [-0.39, 0.29) is 17.7 Å². The zero-order valence-electron chi connectivity index (χ0n) is 14.7. The number of aryl methyl sites for hydroxylation is 1. The molecule has 136 valence electrons. The van der Waals surface area contributed by atoms with E-state index in [1.54, 1.807) is 18.2 Å². The Morgan fingerprint density at radius 2 is 1.85 bits per heavy atom. The summed E-state index contributed by atoms with van der Waals surface area (Å²) in [6, 6.07) is 12.6. The largest absolute Gasteiger partial charge is 0.489 e. The van der Waals surface area contributed by atoms with Crippen LogP contribution in [0.15, 0.2) is 42.5 Å². The van der Waals surface area contributed by atoms with Gasteiger partial charge in [-0.15, -0.1) is 0 Å². The summed E-state index contributed by atoms with van der Waals surface area (Å²) in [5.74, 6) is 0.689. The second-order valence-corrected chi connectivity index (χ2v) is 7.07. The van der Waals surface area contributed by atoms with Gasteiger partial charge in [0.15, 0.2) is 0 Å². The van der Waals surface area contributed by atoms with E-state index in [1.807, 2.05) is 38.1 Å². The van der Waals surface area contributed by atoms with Gasteiger partial charge in [0.1, 0.15) is 12.4 Å². The molecule has 2 unspecified atom stereocenters. The van der Waals surface area contributed by atoms with Crippen LogP contribution in [0.4, 0.5) is 0 Å². The number of nitrogens with one attached hydrogen (secondary N) is 2. The number of halogens is 1. The molecule has 0 heterocycles. The minimum atomic E-state index is -0.340. The molecule has 1 aliphatic rings. The van der Waals surface area contributed by atoms with Crippen LogP contribution in [0.2, 0.25) is 5.02 Å². The maximum atomic E-state index is 12.1. The van der Waals surface area contributed by atoms with Gasteiger partial charge in [0, 0.05) is 16.5 Å². The number of carbonyl (C=O) groups is 2. The van der Waals surface area contributed by atoms with Gasteiger partial charge in [-0.05, 0) is 60.7 Å². The lowest BCUT2D eigenvalue weighted by Gasteiger charge is -2.09. The summed E-state index contributed by atoms with van der Waals surface area (Å²) in [4.78, 5) is 23.8. The van der Waals surface area contributed by atoms with Gasteiger partial charge in [-0.1, -0.05) is 30.7 Å². The molecule has 0 radical (unpaired) electrons. The molecule has 0 spiro atoms. The summed E-state index contributed by atoms with van der Waals surface area (Å²) in [7, 11) is 0. The van der Waals surface area contributed by atoms with Crippen LogP contribution in [-0.4, -0.2) is 11.8 Å². The van der Waals surface area contributed by atoms with Crippen molar-refractivity contribution in [3.8, 4) is 5.75 Å². The number of carbonyl (C=O) groups excluding carboxylic acids is 2. The molecule has 26 heavy (non-hydrogen) atoms. The molecule has 0 aliphatic heterocycles. The standard InChI is InChI=1S/C20H21ClN2O3/c1-12-10-17(12)20(25)23-22-19(24)15-5-3-14(4-6-15)11-26-16-7-8-18(21)13(2)9-16/h3-9,12,17H,10-11H2,1-2H3,(H,22,24)(H,23,25). The molecule has 2 aromatic rings. The Morgan fingerprint density at radius 1 is 1.15 bits per heavy atom. The van der Waals surface area contributed by atoms with Crippen LogP contribution in [0.25, 0.3) is 0 Å². The molecular formula is C20H21ClN2O3. The number of hydrogen-bond acceptors (Lipinski definition) is 3. The van der Waals surface area contributed by atoms with Gasteiger partial charge >= 0.3 is 0 Å². The number of rotatable bonds is 5. The van der Waals surface area contributed by atoms with Gasteiger partial charge in [0.05, 0.1) is 0 Å². The van der Waals surface area contributed by atoms with E-state index in [0.717, 1.165) is 23.3 Å². The Hall–Kier alpha value is -2.53. The first kappa shape index (κ1) is 18.3. The molecule has 2 aromatic carbocycles. The zero-order chi connectivity index (χ0) is 18.7. The van der Waals surface area contributed by atoms with Crippen molar-refractivity contribution in [2.24, 2.45) is 11.8 Å². The normalized spacial score (nSPS) is 18.1. The van der Waals surface area contributed by atoms with Crippen molar-refractivity contribution in [3.05, 3.63) is 64.2 Å². The van der Waals surface area contributed by atoms with Crippen LogP contribution in [0.1, 0.15) is 34.8 Å². The first-order chi connectivity index (χ1) is 12.4. The van der Waals surface area contributed by atoms with Gasteiger partial charge in [-0.2, -0.15) is 0 Å². The van der Waals surface area contributed by atoms with E-state index in [0.29, 0.717) is 23.1 Å². The third-order valence-electron chi connectivity index (χ3n) is 4.50. The predicted octanol–water partition coefficient (Wildman–Crippen LogP) is 3.64. The van der Waals surface area contributed by atoms with Crippen molar-refractivity contribution < 1.29 is 14.3 Å². The fourth-order valence-electron chi connectivity index (χ4n) is 2.60. The summed E-state index contributed by atoms with van der Waals surface area (Å²) in [5.41, 5.74) is 7.28. The number of hydrogen-bond donors (Lipinski definition) is 2. The summed E-state index contributed by atoms with van der Waals surface area (Å²) in [6.45, 7) is 4.32. The third-order valence-corrected chi connectivity index (χ3v) is 4.92. The highest BCUT2D eigenvalue weighted by atomic mass is 35.5. The van der Waals surface area contributed by atoms with Gasteiger partial charge in [0.2, 0.25) is 5.91 Å². The summed E-state index contributed by atoms with van der Waals surface area (Å²) < 4.78 is 5.73. The van der Waals surface area contributed by atoms with Gasteiger partial charge in [-0.3, -0.25) is 20.4 Å². The molecule has 2 N–H and O–H groups in total. The van der Waals surface area contributed by atoms with Crippen molar-refractivity contribution in [1.29, 1.82) is 0 Å². The lowest BCUT2D eigenvalue weighted by molar-refractivity contribution is -0.123. The summed E-state index contributed by atoms with van der Waals surface area (Å²) >= 11 is 6.00. The monoisotopic (exact) mass is 372 g/mol. The fourth-order valence-corrected chi connectivity index (χ4v) is 2.71. The Kier molecular flexibility index (Phi) is 5.47. The molecule has 0 aromatic heterocycles. The maximum absolute atomic E-state index is 12.1. The highest BCUT2D eigenvalue weighted by Gasteiger charge is 2.39. The Balaban J connectivity index is 1.50. The average Bonchev–Trinajstić information content (AvgIpc) is 3.37. The van der Waals surface area contributed by atoms with Gasteiger partial charge < -0.3 is 4.74 Å². The van der Waals surface area contributed by atoms with E-state index < -0.39 is 0 Å². The molecule has 1 fully saturated rings. The Morgan fingerprint density at radius 3 is 2.46 bits per heavy atom. The quantitative estimate of drug-likeness (QED) is 0.787. The molecule has 5 nitrogen and oxygen atoms in total. The first-order valence-electron chi connectivity index (χ1n) is 8.52. The highest BCUT2D eigenvalue weighted by molar-refractivity contribution is 6.31. The van der Waals surface area contributed by atoms with Crippen LogP contribution in [-0.2, 0) is 11.4 Å². The Bertz CT molecular complexity index is 820. The number of ether oxygens (including phenoxy) is 1. The minimum Gasteiger partial charge on any atom is -0.489 e. The average molecular weight is 373 g/mol. The number of amides is 2. The van der Waals surface area contributed by atoms with Crippen LogP contribution in [0, 0.1) is 18.8 Å². The topological polar surface area (TPSA) is 67.4 Å². The molecule has 0 bridgehead atoms. The number of benzene rings is 2. The lowest BCUT2D eigenvalue weighted by Crippen LogP contribution is -2.42. The maximum Gasteiger partial charge on any atom is 0.269 e. The highest BCUT2D eigenvalue weighted by Crippen LogP contribution is 2.37. The fraction of sp³-hybridized carbons (Fsp3) is 0.300. The van der Waals surface area contributed by atoms with Crippen LogP contribution < -0.4 is 15.6 Å². The molecule has 2 amide bonds. The molecule has 6 heteroatoms. The second-order valence-electron chi connectivity index (χ2n) is 6.66. The molecule has 0 saturated heterocycles. The zero-order valence-corrected chi connectivity index (χ0v) is 15.5. The van der Waals surface area contributed by atoms with Crippen LogP contribution >= 0.6 is 11.6 Å². The third kappa shape index (κ3) is 4.55. The lowest BCUT2D eigenvalue weighted by atomic mass is 10.1. The van der Waals surface area contributed by atoms with E-state index >= 15 is 0 Å². The molecule has 1 saturated carbocycles. The van der Waals surface area contributed by atoms with Crippen molar-refractivity contribution in [2.75, 3.05) is 0 Å². The van der Waals surface area contributed by atoms with Crippen molar-refractivity contribution in [3.63, 3.8) is 0 Å². The smallest absolute Gasteiger partial charge is 0.269 e. The molecule has 3 rings (SSSR count). The SMILES string of the molecule is Cc1cc(OCc2ccc(C(=O)NNC(=O)C3CC3C)cc2)ccc1Cl. The van der Waals surface area contributed by atoms with Gasteiger partial charge in [0.25, 0.3) is 5.91 Å². The van der Waals surface area contributed by atoms with E-state index in [1.165, 1.54) is 0 Å².